The van der Waals surface area contributed by atoms with Crippen LogP contribution in [0.15, 0.2) is 47.5 Å². The number of rotatable bonds is 4. The molecule has 0 fully saturated rings. The zero-order valence-electron chi connectivity index (χ0n) is 14.1. The summed E-state index contributed by atoms with van der Waals surface area (Å²) in [5, 5.41) is 0. The van der Waals surface area contributed by atoms with Crippen LogP contribution in [0.3, 0.4) is 0 Å². The summed E-state index contributed by atoms with van der Waals surface area (Å²) in [6.07, 6.45) is 0. The lowest BCUT2D eigenvalue weighted by Gasteiger charge is -2.07. The van der Waals surface area contributed by atoms with Crippen LogP contribution < -0.4 is 9.54 Å². The molecule has 0 aliphatic carbocycles. The first-order chi connectivity index (χ1) is 11.7. The van der Waals surface area contributed by atoms with E-state index in [4.69, 9.17) is 4.74 Å². The fourth-order valence-electron chi connectivity index (χ4n) is 2.71. The molecule has 0 radical (unpaired) electrons. The van der Waals surface area contributed by atoms with E-state index in [2.05, 4.69) is 4.99 Å². The van der Waals surface area contributed by atoms with Gasteiger partial charge in [-0.25, -0.2) is 0 Å². The smallest absolute Gasteiger partial charge is 0.279 e. The maximum atomic E-state index is 12.6. The van der Waals surface area contributed by atoms with Crippen molar-refractivity contribution in [2.75, 3.05) is 6.61 Å². The summed E-state index contributed by atoms with van der Waals surface area (Å²) in [4.78, 5) is 17.7. The van der Waals surface area contributed by atoms with E-state index in [0.29, 0.717) is 17.0 Å². The molecule has 3 rings (SSSR count). The Kier molecular flexibility index (Phi) is 4.81. The number of aromatic nitrogens is 1. The number of amides is 1. The second-order valence-corrected chi connectivity index (χ2v) is 6.41. The first kappa shape index (κ1) is 16.5. The molecule has 0 aliphatic rings. The fraction of sp³-hybridized carbons (Fsp3) is 0.263. The van der Waals surface area contributed by atoms with Crippen LogP contribution in [0.2, 0.25) is 0 Å². The van der Waals surface area contributed by atoms with Crippen molar-refractivity contribution in [3.05, 3.63) is 58.4 Å². The summed E-state index contributed by atoms with van der Waals surface area (Å²) in [5.41, 5.74) is 2.58. The summed E-state index contributed by atoms with van der Waals surface area (Å²) in [6, 6.07) is 13.5. The third-order valence-electron chi connectivity index (χ3n) is 3.85. The zero-order valence-corrected chi connectivity index (χ0v) is 14.9. The highest BCUT2D eigenvalue weighted by atomic mass is 32.1. The van der Waals surface area contributed by atoms with E-state index in [0.717, 1.165) is 28.1 Å². The van der Waals surface area contributed by atoms with Gasteiger partial charge in [0.05, 0.1) is 11.3 Å². The van der Waals surface area contributed by atoms with Gasteiger partial charge in [-0.05, 0) is 44.5 Å². The van der Waals surface area contributed by atoms with Crippen molar-refractivity contribution in [1.82, 2.24) is 4.57 Å². The number of benzene rings is 2. The summed E-state index contributed by atoms with van der Waals surface area (Å²) in [5.74, 6) is 0.623. The Balaban J connectivity index is 2.18. The van der Waals surface area contributed by atoms with Gasteiger partial charge in [-0.15, -0.1) is 0 Å². The number of fused-ring (bicyclic) bond motifs is 1. The lowest BCUT2D eigenvalue weighted by atomic mass is 10.1. The third kappa shape index (κ3) is 2.99. The number of aryl methyl sites for hydroxylation is 2. The molecule has 0 saturated heterocycles. The van der Waals surface area contributed by atoms with Gasteiger partial charge < -0.3 is 9.30 Å². The van der Waals surface area contributed by atoms with Gasteiger partial charge in [0, 0.05) is 12.1 Å². The minimum Gasteiger partial charge on any atom is -0.492 e. The molecule has 1 aromatic heterocycles. The molecule has 0 atom stereocenters. The molecule has 0 unspecified atom stereocenters. The van der Waals surface area contributed by atoms with Gasteiger partial charge in [0.25, 0.3) is 5.91 Å². The van der Waals surface area contributed by atoms with Crippen molar-refractivity contribution in [3.63, 3.8) is 0 Å². The van der Waals surface area contributed by atoms with Crippen LogP contribution in [0.5, 0.6) is 5.75 Å². The molecule has 0 aliphatic heterocycles. The van der Waals surface area contributed by atoms with Crippen LogP contribution in [0.4, 0.5) is 0 Å². The predicted molar refractivity (Wildman–Crippen MR) is 97.7 cm³/mol. The highest BCUT2D eigenvalue weighted by Gasteiger charge is 2.13. The maximum absolute atomic E-state index is 12.6. The standard InChI is InChI=1S/C19H20N2O2S/c1-4-21-17-15(23-5-2)11-8-12-16(17)24-19(21)20-18(22)14-10-7-6-9-13(14)3/h6-12H,4-5H2,1-3H3. The van der Waals surface area contributed by atoms with Crippen molar-refractivity contribution in [3.8, 4) is 5.75 Å². The largest absolute Gasteiger partial charge is 0.492 e. The van der Waals surface area contributed by atoms with Crippen LogP contribution in [-0.4, -0.2) is 17.1 Å². The number of para-hydroxylation sites is 1. The second kappa shape index (κ2) is 7.01. The molecule has 0 saturated carbocycles. The third-order valence-corrected chi connectivity index (χ3v) is 4.90. The minimum atomic E-state index is -0.209. The summed E-state index contributed by atoms with van der Waals surface area (Å²) in [7, 11) is 0. The van der Waals surface area contributed by atoms with E-state index in [1.807, 2.05) is 67.8 Å². The Bertz CT molecular complexity index is 953. The fourth-order valence-corrected chi connectivity index (χ4v) is 3.82. The van der Waals surface area contributed by atoms with Crippen LogP contribution in [0.1, 0.15) is 29.8 Å². The number of thiazole rings is 1. The van der Waals surface area contributed by atoms with Crippen molar-refractivity contribution in [2.24, 2.45) is 4.99 Å². The molecule has 0 spiro atoms. The van der Waals surface area contributed by atoms with E-state index in [1.54, 1.807) is 0 Å². The SMILES string of the molecule is CCOc1cccc2sc(=NC(=O)c3ccccc3C)n(CC)c12. The average molecular weight is 340 g/mol. The number of hydrogen-bond donors (Lipinski definition) is 0. The second-order valence-electron chi connectivity index (χ2n) is 5.40. The Labute approximate surface area is 145 Å². The zero-order chi connectivity index (χ0) is 17.1. The van der Waals surface area contributed by atoms with E-state index >= 15 is 0 Å². The minimum absolute atomic E-state index is 0.209. The van der Waals surface area contributed by atoms with E-state index in [-0.39, 0.29) is 5.91 Å². The van der Waals surface area contributed by atoms with Crippen molar-refractivity contribution in [2.45, 2.75) is 27.3 Å². The molecule has 0 bridgehead atoms. The molecule has 124 valence electrons. The quantitative estimate of drug-likeness (QED) is 0.715. The molecule has 3 aromatic rings. The molecule has 2 aromatic carbocycles. The van der Waals surface area contributed by atoms with Crippen molar-refractivity contribution >= 4 is 27.5 Å². The van der Waals surface area contributed by atoms with Gasteiger partial charge in [-0.1, -0.05) is 35.6 Å². The molecule has 0 N–H and O–H groups in total. The van der Waals surface area contributed by atoms with Gasteiger partial charge in [0.1, 0.15) is 11.3 Å². The lowest BCUT2D eigenvalue weighted by molar-refractivity contribution is 0.0997. The monoisotopic (exact) mass is 340 g/mol. The Hall–Kier alpha value is -2.40. The van der Waals surface area contributed by atoms with Crippen LogP contribution in [-0.2, 0) is 6.54 Å². The molecule has 1 amide bonds. The number of ether oxygens (including phenoxy) is 1. The molecule has 4 nitrogen and oxygen atoms in total. The average Bonchev–Trinajstić information content (AvgIpc) is 2.93. The normalized spacial score (nSPS) is 11.9. The number of carbonyl (C=O) groups is 1. The Morgan fingerprint density at radius 1 is 1.17 bits per heavy atom. The van der Waals surface area contributed by atoms with Gasteiger partial charge >= 0.3 is 0 Å². The molecular weight excluding hydrogens is 320 g/mol. The van der Waals surface area contributed by atoms with Crippen LogP contribution >= 0.6 is 11.3 Å². The maximum Gasteiger partial charge on any atom is 0.279 e. The Morgan fingerprint density at radius 2 is 1.96 bits per heavy atom. The van der Waals surface area contributed by atoms with Crippen LogP contribution in [0, 0.1) is 6.92 Å². The van der Waals surface area contributed by atoms with Crippen molar-refractivity contribution < 1.29 is 9.53 Å². The molecule has 24 heavy (non-hydrogen) atoms. The van der Waals surface area contributed by atoms with Gasteiger partial charge in [0.15, 0.2) is 4.80 Å². The summed E-state index contributed by atoms with van der Waals surface area (Å²) in [6.45, 7) is 7.27. The molecular formula is C19H20N2O2S. The highest BCUT2D eigenvalue weighted by Crippen LogP contribution is 2.27. The van der Waals surface area contributed by atoms with E-state index < -0.39 is 0 Å². The number of nitrogens with zero attached hydrogens (tertiary/aromatic N) is 2. The van der Waals surface area contributed by atoms with E-state index in [9.17, 15) is 4.79 Å². The molecule has 1 heterocycles. The van der Waals surface area contributed by atoms with E-state index in [1.165, 1.54) is 11.3 Å². The first-order valence-electron chi connectivity index (χ1n) is 8.05. The Morgan fingerprint density at radius 3 is 2.67 bits per heavy atom. The summed E-state index contributed by atoms with van der Waals surface area (Å²) >= 11 is 1.51. The van der Waals surface area contributed by atoms with Crippen molar-refractivity contribution in [1.29, 1.82) is 0 Å². The first-order valence-corrected chi connectivity index (χ1v) is 8.87. The van der Waals surface area contributed by atoms with Gasteiger partial charge in [0.2, 0.25) is 0 Å². The van der Waals surface area contributed by atoms with Crippen LogP contribution in [0.25, 0.3) is 10.2 Å². The highest BCUT2D eigenvalue weighted by molar-refractivity contribution is 7.16. The lowest BCUT2D eigenvalue weighted by Crippen LogP contribution is -2.16. The van der Waals surface area contributed by atoms with Gasteiger partial charge in [-0.2, -0.15) is 4.99 Å². The number of carbonyl (C=O) groups excluding carboxylic acids is 1. The predicted octanol–water partition coefficient (Wildman–Crippen LogP) is 4.17. The number of hydrogen-bond acceptors (Lipinski definition) is 3. The molecule has 5 heteroatoms. The topological polar surface area (TPSA) is 43.6 Å². The van der Waals surface area contributed by atoms with Gasteiger partial charge in [-0.3, -0.25) is 4.79 Å². The summed E-state index contributed by atoms with van der Waals surface area (Å²) < 4.78 is 8.85.